The topological polar surface area (TPSA) is 63.2 Å². The third-order valence-electron chi connectivity index (χ3n) is 2.77. The summed E-state index contributed by atoms with van der Waals surface area (Å²) in [7, 11) is -3.91. The molecule has 0 spiro atoms. The van der Waals surface area contributed by atoms with Crippen LogP contribution in [0.15, 0.2) is 28.9 Å². The maximum absolute atomic E-state index is 12.5. The first-order valence-corrected chi connectivity index (χ1v) is 7.27. The van der Waals surface area contributed by atoms with Gasteiger partial charge in [-0.05, 0) is 18.0 Å². The highest BCUT2D eigenvalue weighted by molar-refractivity contribution is 7.89. The SMILES string of the molecule is O=S(=O)(c1cnc(Cl)nc1)N1CC=C(C(F)(F)F)CC1. The molecule has 0 saturated carbocycles. The van der Waals surface area contributed by atoms with Crippen LogP contribution in [0.25, 0.3) is 0 Å². The number of hydrogen-bond acceptors (Lipinski definition) is 4. The molecule has 1 aliphatic rings. The number of halogens is 4. The van der Waals surface area contributed by atoms with Crippen molar-refractivity contribution in [3.63, 3.8) is 0 Å². The average molecular weight is 328 g/mol. The summed E-state index contributed by atoms with van der Waals surface area (Å²) in [5.74, 6) is 0. The minimum Gasteiger partial charge on any atom is -0.225 e. The lowest BCUT2D eigenvalue weighted by Crippen LogP contribution is -2.36. The summed E-state index contributed by atoms with van der Waals surface area (Å²) in [6.07, 6.45) is -1.88. The van der Waals surface area contributed by atoms with E-state index in [4.69, 9.17) is 11.6 Å². The molecule has 110 valence electrons. The lowest BCUT2D eigenvalue weighted by atomic mass is 10.1. The molecule has 0 aliphatic carbocycles. The summed E-state index contributed by atoms with van der Waals surface area (Å²) in [5.41, 5.74) is -0.712. The van der Waals surface area contributed by atoms with Gasteiger partial charge in [0.2, 0.25) is 15.3 Å². The first kappa shape index (κ1) is 15.2. The summed E-state index contributed by atoms with van der Waals surface area (Å²) < 4.78 is 62.6. The van der Waals surface area contributed by atoms with Crippen LogP contribution in [0.4, 0.5) is 13.2 Å². The van der Waals surface area contributed by atoms with Crippen LogP contribution in [0.3, 0.4) is 0 Å². The van der Waals surface area contributed by atoms with Gasteiger partial charge in [0.05, 0.1) is 12.4 Å². The van der Waals surface area contributed by atoms with Crippen molar-refractivity contribution in [3.8, 4) is 0 Å². The normalized spacial score (nSPS) is 17.9. The molecule has 2 heterocycles. The fraction of sp³-hybridized carbons (Fsp3) is 0.400. The molecule has 0 unspecified atom stereocenters. The summed E-state index contributed by atoms with van der Waals surface area (Å²) in [6, 6.07) is 0. The van der Waals surface area contributed by atoms with Crippen LogP contribution in [0.5, 0.6) is 0 Å². The summed E-state index contributed by atoms with van der Waals surface area (Å²) in [6.45, 7) is -0.573. The van der Waals surface area contributed by atoms with Gasteiger partial charge in [-0.25, -0.2) is 18.4 Å². The molecule has 0 saturated heterocycles. The van der Waals surface area contributed by atoms with Crippen molar-refractivity contribution in [3.05, 3.63) is 29.3 Å². The first-order chi connectivity index (χ1) is 9.21. The minimum atomic E-state index is -4.42. The highest BCUT2D eigenvalue weighted by Crippen LogP contribution is 2.31. The highest BCUT2D eigenvalue weighted by Gasteiger charge is 2.37. The van der Waals surface area contributed by atoms with E-state index in [0.29, 0.717) is 0 Å². The van der Waals surface area contributed by atoms with Crippen LogP contribution >= 0.6 is 11.6 Å². The van der Waals surface area contributed by atoms with Crippen LogP contribution < -0.4 is 0 Å². The van der Waals surface area contributed by atoms with Gasteiger partial charge in [0.15, 0.2) is 0 Å². The van der Waals surface area contributed by atoms with E-state index < -0.39 is 21.8 Å². The molecule has 0 fully saturated rings. The third kappa shape index (κ3) is 3.10. The minimum absolute atomic E-state index is 0.109. The molecule has 1 aromatic heterocycles. The summed E-state index contributed by atoms with van der Waals surface area (Å²) >= 11 is 5.45. The van der Waals surface area contributed by atoms with Crippen molar-refractivity contribution in [2.75, 3.05) is 13.1 Å². The smallest absolute Gasteiger partial charge is 0.225 e. The number of rotatable bonds is 2. The molecular weight excluding hydrogens is 319 g/mol. The quantitative estimate of drug-likeness (QED) is 0.616. The Morgan fingerprint density at radius 2 is 1.85 bits per heavy atom. The van der Waals surface area contributed by atoms with Crippen molar-refractivity contribution in [1.29, 1.82) is 0 Å². The van der Waals surface area contributed by atoms with E-state index in [2.05, 4.69) is 9.97 Å². The number of nitrogens with zero attached hydrogens (tertiary/aromatic N) is 3. The van der Waals surface area contributed by atoms with Gasteiger partial charge < -0.3 is 0 Å². The average Bonchev–Trinajstić information content (AvgIpc) is 2.38. The van der Waals surface area contributed by atoms with Crippen molar-refractivity contribution in [2.24, 2.45) is 0 Å². The molecular formula is C10H9ClF3N3O2S. The van der Waals surface area contributed by atoms with Crippen LogP contribution in [0.2, 0.25) is 5.28 Å². The molecule has 0 radical (unpaired) electrons. The number of aromatic nitrogens is 2. The number of alkyl halides is 3. The van der Waals surface area contributed by atoms with Crippen LogP contribution in [0, 0.1) is 0 Å². The summed E-state index contributed by atoms with van der Waals surface area (Å²) in [5, 5.41) is -0.109. The Hall–Kier alpha value is -1.19. The second kappa shape index (κ2) is 5.30. The van der Waals surface area contributed by atoms with Gasteiger partial charge in [0.25, 0.3) is 0 Å². The van der Waals surface area contributed by atoms with Gasteiger partial charge in [0.1, 0.15) is 4.90 Å². The Bertz CT molecular complexity index is 628. The van der Waals surface area contributed by atoms with Gasteiger partial charge in [-0.2, -0.15) is 17.5 Å². The molecule has 20 heavy (non-hydrogen) atoms. The Balaban J connectivity index is 2.21. The predicted octanol–water partition coefficient (Wildman–Crippen LogP) is 2.01. The van der Waals surface area contributed by atoms with E-state index >= 15 is 0 Å². The molecule has 1 aromatic rings. The Kier molecular flexibility index (Phi) is 4.03. The maximum atomic E-state index is 12.5. The largest absolute Gasteiger partial charge is 0.412 e. The second-order valence-electron chi connectivity index (χ2n) is 4.03. The number of sulfonamides is 1. The molecule has 0 N–H and O–H groups in total. The lowest BCUT2D eigenvalue weighted by molar-refractivity contribution is -0.0953. The molecule has 1 aliphatic heterocycles. The zero-order valence-electron chi connectivity index (χ0n) is 9.93. The molecule has 0 aromatic carbocycles. The Morgan fingerprint density at radius 1 is 1.25 bits per heavy atom. The summed E-state index contributed by atoms with van der Waals surface area (Å²) in [4.78, 5) is 6.89. The van der Waals surface area contributed by atoms with Crippen molar-refractivity contribution in [2.45, 2.75) is 17.5 Å². The van der Waals surface area contributed by atoms with Crippen molar-refractivity contribution in [1.82, 2.24) is 14.3 Å². The molecule has 0 atom stereocenters. The lowest BCUT2D eigenvalue weighted by Gasteiger charge is -2.26. The maximum Gasteiger partial charge on any atom is 0.412 e. The number of hydrogen-bond donors (Lipinski definition) is 0. The van der Waals surface area contributed by atoms with E-state index in [1.807, 2.05) is 0 Å². The highest BCUT2D eigenvalue weighted by atomic mass is 35.5. The standard InChI is InChI=1S/C10H9ClF3N3O2S/c11-9-15-5-8(6-16-9)20(18,19)17-3-1-7(2-4-17)10(12,13)14/h1,5-6H,2-4H2. The fourth-order valence-electron chi connectivity index (χ4n) is 1.71. The van der Waals surface area contributed by atoms with E-state index in [0.717, 1.165) is 22.8 Å². The van der Waals surface area contributed by atoms with Gasteiger partial charge in [-0.3, -0.25) is 0 Å². The Morgan fingerprint density at radius 3 is 2.30 bits per heavy atom. The predicted molar refractivity (Wildman–Crippen MR) is 64.6 cm³/mol. The van der Waals surface area contributed by atoms with Crippen LogP contribution in [-0.2, 0) is 10.0 Å². The zero-order chi connectivity index (χ0) is 15.0. The fourth-order valence-corrected chi connectivity index (χ4v) is 3.08. The third-order valence-corrected chi connectivity index (χ3v) is 4.78. The molecule has 2 rings (SSSR count). The molecule has 10 heteroatoms. The molecule has 0 amide bonds. The monoisotopic (exact) mass is 327 g/mol. The molecule has 5 nitrogen and oxygen atoms in total. The second-order valence-corrected chi connectivity index (χ2v) is 6.30. The van der Waals surface area contributed by atoms with Crippen molar-refractivity contribution < 1.29 is 21.6 Å². The molecule has 0 bridgehead atoms. The van der Waals surface area contributed by atoms with Gasteiger partial charge in [-0.15, -0.1) is 0 Å². The van der Waals surface area contributed by atoms with Gasteiger partial charge in [0, 0.05) is 18.7 Å². The first-order valence-electron chi connectivity index (χ1n) is 5.45. The van der Waals surface area contributed by atoms with Gasteiger partial charge in [-0.1, -0.05) is 6.08 Å². The van der Waals surface area contributed by atoms with E-state index in [-0.39, 0.29) is 29.7 Å². The van der Waals surface area contributed by atoms with Gasteiger partial charge >= 0.3 is 6.18 Å². The van der Waals surface area contributed by atoms with E-state index in [9.17, 15) is 21.6 Å². The van der Waals surface area contributed by atoms with Crippen LogP contribution in [0.1, 0.15) is 6.42 Å². The van der Waals surface area contributed by atoms with Crippen molar-refractivity contribution >= 4 is 21.6 Å². The Labute approximate surface area is 118 Å². The van der Waals surface area contributed by atoms with E-state index in [1.54, 1.807) is 0 Å². The zero-order valence-corrected chi connectivity index (χ0v) is 11.5. The van der Waals surface area contributed by atoms with E-state index in [1.165, 1.54) is 0 Å². The van der Waals surface area contributed by atoms with Crippen LogP contribution in [-0.4, -0.2) is 42.0 Å².